The summed E-state index contributed by atoms with van der Waals surface area (Å²) in [7, 11) is -1.47. The molecule has 0 aromatic rings. The van der Waals surface area contributed by atoms with Gasteiger partial charge in [0, 0.05) is 13.7 Å². The van der Waals surface area contributed by atoms with E-state index in [2.05, 4.69) is 0 Å². The molecular weight excluding hydrogens is 243 g/mol. The monoisotopic (exact) mass is 268 g/mol. The van der Waals surface area contributed by atoms with Crippen molar-refractivity contribution in [3.05, 3.63) is 0 Å². The summed E-state index contributed by atoms with van der Waals surface area (Å²) in [6, 6.07) is 0. The standard InChI is InChI=1S/C11H25O5P/c1-5-8-14-9-11(13-4)10-17(12,15-6-2)16-7-3/h11H,5-10H2,1-4H3. The van der Waals surface area contributed by atoms with Crippen LogP contribution in [0.1, 0.15) is 27.2 Å². The van der Waals surface area contributed by atoms with Crippen LogP contribution in [0.15, 0.2) is 0 Å². The first-order chi connectivity index (χ1) is 8.11. The lowest BCUT2D eigenvalue weighted by Crippen LogP contribution is -2.24. The molecule has 0 saturated carbocycles. The highest BCUT2D eigenvalue weighted by Gasteiger charge is 2.28. The van der Waals surface area contributed by atoms with Crippen molar-refractivity contribution in [3.8, 4) is 0 Å². The fourth-order valence-corrected chi connectivity index (χ4v) is 3.17. The van der Waals surface area contributed by atoms with Crippen molar-refractivity contribution >= 4 is 7.60 Å². The number of ether oxygens (including phenoxy) is 2. The van der Waals surface area contributed by atoms with Gasteiger partial charge in [-0.25, -0.2) is 0 Å². The molecule has 17 heavy (non-hydrogen) atoms. The lowest BCUT2D eigenvalue weighted by molar-refractivity contribution is 0.0169. The van der Waals surface area contributed by atoms with Gasteiger partial charge in [-0.05, 0) is 20.3 Å². The first-order valence-corrected chi connectivity index (χ1v) is 7.83. The second kappa shape index (κ2) is 10.0. The lowest BCUT2D eigenvalue weighted by Gasteiger charge is -2.22. The number of rotatable bonds is 11. The average molecular weight is 268 g/mol. The minimum absolute atomic E-state index is 0.231. The van der Waals surface area contributed by atoms with E-state index in [1.807, 2.05) is 6.92 Å². The van der Waals surface area contributed by atoms with Crippen LogP contribution in [-0.2, 0) is 23.1 Å². The zero-order chi connectivity index (χ0) is 13.1. The molecule has 0 fully saturated rings. The Morgan fingerprint density at radius 3 is 2.12 bits per heavy atom. The van der Waals surface area contributed by atoms with Gasteiger partial charge in [-0.15, -0.1) is 0 Å². The topological polar surface area (TPSA) is 54.0 Å². The third kappa shape index (κ3) is 7.90. The normalized spacial score (nSPS) is 13.9. The molecule has 0 aliphatic rings. The first kappa shape index (κ1) is 17.1. The number of hydrogen-bond donors (Lipinski definition) is 0. The molecule has 0 saturated heterocycles. The molecule has 5 nitrogen and oxygen atoms in total. The van der Waals surface area contributed by atoms with E-state index in [4.69, 9.17) is 18.5 Å². The van der Waals surface area contributed by atoms with Crippen LogP contribution in [0.4, 0.5) is 0 Å². The zero-order valence-electron chi connectivity index (χ0n) is 11.3. The maximum Gasteiger partial charge on any atom is 0.333 e. The van der Waals surface area contributed by atoms with Gasteiger partial charge in [0.2, 0.25) is 0 Å². The Morgan fingerprint density at radius 1 is 1.12 bits per heavy atom. The Morgan fingerprint density at radius 2 is 1.71 bits per heavy atom. The van der Waals surface area contributed by atoms with Crippen LogP contribution in [-0.4, -0.2) is 45.8 Å². The highest BCUT2D eigenvalue weighted by atomic mass is 31.2. The molecule has 1 unspecified atom stereocenters. The van der Waals surface area contributed by atoms with Crippen molar-refractivity contribution in [2.45, 2.75) is 33.3 Å². The van der Waals surface area contributed by atoms with Crippen LogP contribution in [0, 0.1) is 0 Å². The summed E-state index contributed by atoms with van der Waals surface area (Å²) in [5.74, 6) is 0. The third-order valence-corrected chi connectivity index (χ3v) is 4.22. The van der Waals surface area contributed by atoms with Gasteiger partial charge in [0.05, 0.1) is 32.1 Å². The molecule has 0 aromatic heterocycles. The maximum absolute atomic E-state index is 12.2. The van der Waals surface area contributed by atoms with E-state index in [9.17, 15) is 4.57 Å². The second-order valence-corrected chi connectivity index (χ2v) is 5.67. The van der Waals surface area contributed by atoms with E-state index >= 15 is 0 Å². The smallest absolute Gasteiger partial charge is 0.333 e. The number of methoxy groups -OCH3 is 1. The minimum Gasteiger partial charge on any atom is -0.379 e. The fourth-order valence-electron chi connectivity index (χ4n) is 1.34. The molecule has 0 amide bonds. The van der Waals surface area contributed by atoms with Crippen LogP contribution in [0.25, 0.3) is 0 Å². The molecule has 0 spiro atoms. The molecule has 0 bridgehead atoms. The van der Waals surface area contributed by atoms with Crippen LogP contribution >= 0.6 is 7.60 Å². The minimum atomic E-state index is -3.05. The van der Waals surface area contributed by atoms with Gasteiger partial charge >= 0.3 is 7.60 Å². The molecule has 6 heteroatoms. The summed E-state index contributed by atoms with van der Waals surface area (Å²) in [5.41, 5.74) is 0. The van der Waals surface area contributed by atoms with Crippen LogP contribution in [0.2, 0.25) is 0 Å². The average Bonchev–Trinajstić information content (AvgIpc) is 2.28. The molecule has 0 N–H and O–H groups in total. The van der Waals surface area contributed by atoms with Crippen molar-refractivity contribution in [1.29, 1.82) is 0 Å². The Hall–Kier alpha value is 0.0700. The van der Waals surface area contributed by atoms with Gasteiger partial charge in [0.25, 0.3) is 0 Å². The van der Waals surface area contributed by atoms with Crippen molar-refractivity contribution < 1.29 is 23.1 Å². The predicted molar refractivity (Wildman–Crippen MR) is 67.6 cm³/mol. The van der Waals surface area contributed by atoms with E-state index in [0.717, 1.165) is 6.42 Å². The van der Waals surface area contributed by atoms with E-state index in [1.165, 1.54) is 0 Å². The van der Waals surface area contributed by atoms with E-state index in [1.54, 1.807) is 21.0 Å². The zero-order valence-corrected chi connectivity index (χ0v) is 12.2. The Balaban J connectivity index is 4.22. The Kier molecular flexibility index (Phi) is 10.1. The second-order valence-electron chi connectivity index (χ2n) is 3.56. The van der Waals surface area contributed by atoms with Crippen LogP contribution in [0.3, 0.4) is 0 Å². The maximum atomic E-state index is 12.2. The summed E-state index contributed by atoms with van der Waals surface area (Å²) in [4.78, 5) is 0. The molecule has 0 aliphatic carbocycles. The highest BCUT2D eigenvalue weighted by Crippen LogP contribution is 2.48. The van der Waals surface area contributed by atoms with E-state index in [0.29, 0.717) is 26.4 Å². The van der Waals surface area contributed by atoms with Gasteiger partial charge in [0.1, 0.15) is 0 Å². The summed E-state index contributed by atoms with van der Waals surface area (Å²) < 4.78 is 33.3. The van der Waals surface area contributed by atoms with Crippen molar-refractivity contribution in [2.75, 3.05) is 39.7 Å². The molecule has 0 rings (SSSR count). The van der Waals surface area contributed by atoms with Crippen molar-refractivity contribution in [2.24, 2.45) is 0 Å². The molecule has 0 radical (unpaired) electrons. The lowest BCUT2D eigenvalue weighted by atomic mass is 10.4. The van der Waals surface area contributed by atoms with Gasteiger partial charge in [-0.1, -0.05) is 6.92 Å². The Bertz CT molecular complexity index is 212. The Labute approximate surface area is 104 Å². The molecule has 0 heterocycles. The van der Waals surface area contributed by atoms with Crippen molar-refractivity contribution in [1.82, 2.24) is 0 Å². The molecule has 0 aromatic carbocycles. The molecule has 104 valence electrons. The summed E-state index contributed by atoms with van der Waals surface area (Å²) in [5, 5.41) is 0. The van der Waals surface area contributed by atoms with Gasteiger partial charge in [-0.3, -0.25) is 4.57 Å². The van der Waals surface area contributed by atoms with Crippen molar-refractivity contribution in [3.63, 3.8) is 0 Å². The summed E-state index contributed by atoms with van der Waals surface area (Å²) in [6.07, 6.45) is 0.922. The molecule has 1 atom stereocenters. The van der Waals surface area contributed by atoms with Gasteiger partial charge in [0.15, 0.2) is 0 Å². The van der Waals surface area contributed by atoms with Crippen LogP contribution < -0.4 is 0 Å². The molecule has 0 aliphatic heterocycles. The number of hydrogen-bond acceptors (Lipinski definition) is 5. The summed E-state index contributed by atoms with van der Waals surface area (Å²) in [6.45, 7) is 7.43. The largest absolute Gasteiger partial charge is 0.379 e. The van der Waals surface area contributed by atoms with E-state index in [-0.39, 0.29) is 12.3 Å². The highest BCUT2D eigenvalue weighted by molar-refractivity contribution is 7.53. The predicted octanol–water partition coefficient (Wildman–Crippen LogP) is 2.69. The van der Waals surface area contributed by atoms with Gasteiger partial charge < -0.3 is 18.5 Å². The summed E-state index contributed by atoms with van der Waals surface area (Å²) >= 11 is 0. The van der Waals surface area contributed by atoms with E-state index < -0.39 is 7.60 Å². The third-order valence-electron chi connectivity index (χ3n) is 2.06. The molecular formula is C11H25O5P. The fraction of sp³-hybridized carbons (Fsp3) is 1.00. The SMILES string of the molecule is CCCOCC(CP(=O)(OCC)OCC)OC. The quantitative estimate of drug-likeness (QED) is 0.426. The van der Waals surface area contributed by atoms with Gasteiger partial charge in [-0.2, -0.15) is 0 Å². The van der Waals surface area contributed by atoms with Crippen LogP contribution in [0.5, 0.6) is 0 Å². The first-order valence-electron chi connectivity index (χ1n) is 6.10.